The van der Waals surface area contributed by atoms with Gasteiger partial charge in [-0.05, 0) is 6.92 Å². The second-order valence-corrected chi connectivity index (χ2v) is 1.79. The monoisotopic (exact) mass is 146 g/mol. The average Bonchev–Trinajstić information content (AvgIpc) is 1.85. The van der Waals surface area contributed by atoms with Crippen LogP contribution in [0.3, 0.4) is 0 Å². The quantitative estimate of drug-likeness (QED) is 0.486. The Balaban J connectivity index is 3.72. The molecule has 5 nitrogen and oxygen atoms in total. The van der Waals surface area contributed by atoms with Crippen molar-refractivity contribution in [3.8, 4) is 0 Å². The molecule has 3 N–H and O–H groups in total. The predicted molar refractivity (Wildman–Crippen MR) is 34.7 cm³/mol. The van der Waals surface area contributed by atoms with Crippen molar-refractivity contribution < 1.29 is 14.7 Å². The highest BCUT2D eigenvalue weighted by atomic mass is 16.4. The van der Waals surface area contributed by atoms with E-state index in [9.17, 15) is 9.59 Å². The van der Waals surface area contributed by atoms with E-state index in [1.807, 2.05) is 5.32 Å². The van der Waals surface area contributed by atoms with Crippen LogP contribution in [0.1, 0.15) is 6.92 Å². The SMILES string of the molecule is CNC(=O)C(C)NC(=O)O. The molecule has 0 rings (SSSR count). The molecule has 0 spiro atoms. The Morgan fingerprint density at radius 2 is 2.00 bits per heavy atom. The highest BCUT2D eigenvalue weighted by Crippen LogP contribution is 1.79. The summed E-state index contributed by atoms with van der Waals surface area (Å²) in [6, 6.07) is -0.692. The summed E-state index contributed by atoms with van der Waals surface area (Å²) in [4.78, 5) is 20.5. The van der Waals surface area contributed by atoms with Gasteiger partial charge < -0.3 is 15.7 Å². The smallest absolute Gasteiger partial charge is 0.405 e. The molecule has 1 atom stereocenters. The molecule has 10 heavy (non-hydrogen) atoms. The summed E-state index contributed by atoms with van der Waals surface area (Å²) < 4.78 is 0. The number of hydrogen-bond acceptors (Lipinski definition) is 2. The predicted octanol–water partition coefficient (Wildman–Crippen LogP) is -0.611. The lowest BCUT2D eigenvalue weighted by Crippen LogP contribution is -2.42. The van der Waals surface area contributed by atoms with Gasteiger partial charge in [-0.25, -0.2) is 4.79 Å². The number of carboxylic acid groups (broad SMARTS) is 1. The summed E-state index contributed by atoms with van der Waals surface area (Å²) >= 11 is 0. The number of amides is 2. The fraction of sp³-hybridized carbons (Fsp3) is 0.600. The molecule has 0 fully saturated rings. The fourth-order valence-electron chi connectivity index (χ4n) is 0.467. The van der Waals surface area contributed by atoms with Crippen molar-refractivity contribution in [3.63, 3.8) is 0 Å². The third kappa shape index (κ3) is 2.91. The number of carbonyl (C=O) groups is 2. The Kier molecular flexibility index (Phi) is 3.24. The molecule has 58 valence electrons. The standard InChI is InChI=1S/C5H10N2O3/c1-3(4(8)6-2)7-5(9)10/h3,7H,1-2H3,(H,6,8)(H,9,10). The van der Waals surface area contributed by atoms with Crippen LogP contribution < -0.4 is 10.6 Å². The Morgan fingerprint density at radius 3 is 2.30 bits per heavy atom. The Hall–Kier alpha value is -1.26. The minimum atomic E-state index is -1.20. The van der Waals surface area contributed by atoms with Gasteiger partial charge >= 0.3 is 6.09 Å². The van der Waals surface area contributed by atoms with Crippen LogP contribution in [0.2, 0.25) is 0 Å². The van der Waals surface area contributed by atoms with Crippen molar-refractivity contribution in [1.29, 1.82) is 0 Å². The van der Waals surface area contributed by atoms with Crippen molar-refractivity contribution in [2.24, 2.45) is 0 Å². The maximum Gasteiger partial charge on any atom is 0.405 e. The van der Waals surface area contributed by atoms with Crippen LogP contribution in [0.15, 0.2) is 0 Å². The van der Waals surface area contributed by atoms with Crippen LogP contribution >= 0.6 is 0 Å². The lowest BCUT2D eigenvalue weighted by Gasteiger charge is -2.07. The Labute approximate surface area is 58.4 Å². The zero-order valence-corrected chi connectivity index (χ0v) is 5.84. The van der Waals surface area contributed by atoms with Crippen LogP contribution in [0.4, 0.5) is 4.79 Å². The van der Waals surface area contributed by atoms with Gasteiger partial charge in [-0.1, -0.05) is 0 Å². The van der Waals surface area contributed by atoms with Crippen molar-refractivity contribution in [2.45, 2.75) is 13.0 Å². The molecular weight excluding hydrogens is 136 g/mol. The molecule has 0 aromatic rings. The summed E-state index contributed by atoms with van der Waals surface area (Å²) in [7, 11) is 1.45. The minimum absolute atomic E-state index is 0.345. The van der Waals surface area contributed by atoms with Gasteiger partial charge in [0.1, 0.15) is 6.04 Å². The zero-order chi connectivity index (χ0) is 8.15. The van der Waals surface area contributed by atoms with Crippen molar-refractivity contribution >= 4 is 12.0 Å². The largest absolute Gasteiger partial charge is 0.465 e. The van der Waals surface area contributed by atoms with Gasteiger partial charge in [0.05, 0.1) is 0 Å². The lowest BCUT2D eigenvalue weighted by molar-refractivity contribution is -0.122. The number of likely N-dealkylation sites (N-methyl/N-ethyl adjacent to an activating group) is 1. The van der Waals surface area contributed by atoms with Crippen LogP contribution in [-0.2, 0) is 4.79 Å². The van der Waals surface area contributed by atoms with Gasteiger partial charge in [0.2, 0.25) is 5.91 Å². The van der Waals surface area contributed by atoms with Crippen LogP contribution in [0, 0.1) is 0 Å². The van der Waals surface area contributed by atoms with E-state index < -0.39 is 12.1 Å². The van der Waals surface area contributed by atoms with E-state index in [0.717, 1.165) is 0 Å². The summed E-state index contributed by atoms with van der Waals surface area (Å²) in [5.41, 5.74) is 0. The highest BCUT2D eigenvalue weighted by molar-refractivity contribution is 5.84. The van der Waals surface area contributed by atoms with Gasteiger partial charge in [0.15, 0.2) is 0 Å². The minimum Gasteiger partial charge on any atom is -0.465 e. The first-order chi connectivity index (χ1) is 4.57. The molecule has 0 aromatic heterocycles. The normalized spacial score (nSPS) is 11.8. The molecule has 0 aromatic carbocycles. The summed E-state index contributed by atoms with van der Waals surface area (Å²) in [5, 5.41) is 12.4. The summed E-state index contributed by atoms with van der Waals surface area (Å²) in [6.07, 6.45) is -1.20. The van der Waals surface area contributed by atoms with Crippen molar-refractivity contribution in [3.05, 3.63) is 0 Å². The number of rotatable bonds is 2. The molecule has 2 amide bonds. The van der Waals surface area contributed by atoms with Gasteiger partial charge in [-0.2, -0.15) is 0 Å². The first kappa shape index (κ1) is 8.74. The molecule has 1 unspecified atom stereocenters. The van der Waals surface area contributed by atoms with Crippen LogP contribution in [-0.4, -0.2) is 30.2 Å². The summed E-state index contributed by atoms with van der Waals surface area (Å²) in [5.74, 6) is -0.345. The van der Waals surface area contributed by atoms with Crippen LogP contribution in [0.5, 0.6) is 0 Å². The van der Waals surface area contributed by atoms with E-state index in [-0.39, 0.29) is 5.91 Å². The van der Waals surface area contributed by atoms with Gasteiger partial charge in [-0.3, -0.25) is 4.79 Å². The maximum absolute atomic E-state index is 10.6. The molecule has 0 radical (unpaired) electrons. The Bertz CT molecular complexity index is 146. The van der Waals surface area contributed by atoms with Crippen molar-refractivity contribution in [1.82, 2.24) is 10.6 Å². The number of nitrogens with one attached hydrogen (secondary N) is 2. The van der Waals surface area contributed by atoms with E-state index in [2.05, 4.69) is 5.32 Å². The summed E-state index contributed by atoms with van der Waals surface area (Å²) in [6.45, 7) is 1.47. The first-order valence-corrected chi connectivity index (χ1v) is 2.79. The van der Waals surface area contributed by atoms with Crippen LogP contribution in [0.25, 0.3) is 0 Å². The molecule has 5 heteroatoms. The molecule has 0 bridgehead atoms. The topological polar surface area (TPSA) is 78.4 Å². The second kappa shape index (κ2) is 3.71. The third-order valence-corrected chi connectivity index (χ3v) is 0.980. The molecule has 0 aliphatic rings. The van der Waals surface area contributed by atoms with Gasteiger partial charge in [0, 0.05) is 7.05 Å². The van der Waals surface area contributed by atoms with E-state index in [0.29, 0.717) is 0 Å². The number of carbonyl (C=O) groups excluding carboxylic acids is 1. The zero-order valence-electron chi connectivity index (χ0n) is 5.84. The molecule has 0 aliphatic heterocycles. The fourth-order valence-corrected chi connectivity index (χ4v) is 0.467. The second-order valence-electron chi connectivity index (χ2n) is 1.79. The van der Waals surface area contributed by atoms with Crippen molar-refractivity contribution in [2.75, 3.05) is 7.05 Å². The molecular formula is C5H10N2O3. The Morgan fingerprint density at radius 1 is 1.50 bits per heavy atom. The third-order valence-electron chi connectivity index (χ3n) is 0.980. The average molecular weight is 146 g/mol. The lowest BCUT2D eigenvalue weighted by atomic mass is 10.3. The molecule has 0 heterocycles. The maximum atomic E-state index is 10.6. The molecule has 0 aliphatic carbocycles. The van der Waals surface area contributed by atoms with E-state index >= 15 is 0 Å². The van der Waals surface area contributed by atoms with E-state index in [1.54, 1.807) is 0 Å². The number of hydrogen-bond donors (Lipinski definition) is 3. The first-order valence-electron chi connectivity index (χ1n) is 2.79. The van der Waals surface area contributed by atoms with Gasteiger partial charge in [0.25, 0.3) is 0 Å². The molecule has 0 saturated heterocycles. The van der Waals surface area contributed by atoms with Gasteiger partial charge in [-0.15, -0.1) is 0 Å². The molecule has 0 saturated carbocycles. The van der Waals surface area contributed by atoms with E-state index in [4.69, 9.17) is 5.11 Å². The highest BCUT2D eigenvalue weighted by Gasteiger charge is 2.11. The van der Waals surface area contributed by atoms with E-state index in [1.165, 1.54) is 14.0 Å².